The van der Waals surface area contributed by atoms with Crippen LogP contribution in [0.15, 0.2) is 18.2 Å². The van der Waals surface area contributed by atoms with Crippen molar-refractivity contribution in [2.45, 2.75) is 19.4 Å². The van der Waals surface area contributed by atoms with Crippen LogP contribution >= 0.6 is 11.6 Å². The van der Waals surface area contributed by atoms with E-state index in [1.54, 1.807) is 0 Å². The minimum absolute atomic E-state index is 0.436. The molecule has 1 aliphatic heterocycles. The summed E-state index contributed by atoms with van der Waals surface area (Å²) in [7, 11) is 4.08. The third-order valence-electron chi connectivity index (χ3n) is 3.84. The molecule has 0 unspecified atom stereocenters. The molecule has 1 aliphatic rings. The average molecular weight is 282 g/mol. The fourth-order valence-corrected chi connectivity index (χ4v) is 3.03. The Hall–Kier alpha value is -0.770. The number of nitrogens with zero attached hydrogens (tertiary/aromatic N) is 2. The number of hydrogen-bond acceptors (Lipinski definition) is 3. The number of halogens is 1. The van der Waals surface area contributed by atoms with Crippen molar-refractivity contribution in [3.8, 4) is 0 Å². The second kappa shape index (κ2) is 6.60. The first kappa shape index (κ1) is 14.6. The quantitative estimate of drug-likeness (QED) is 0.916. The summed E-state index contributed by atoms with van der Waals surface area (Å²) in [5.74, 6) is 0. The average Bonchev–Trinajstić information content (AvgIpc) is 2.42. The van der Waals surface area contributed by atoms with Crippen LogP contribution in [-0.4, -0.2) is 45.2 Å². The maximum atomic E-state index is 6.50. The molecule has 0 saturated carbocycles. The summed E-state index contributed by atoms with van der Waals surface area (Å²) < 4.78 is 0. The molecule has 3 nitrogen and oxygen atoms in total. The highest BCUT2D eigenvalue weighted by Gasteiger charge is 2.22. The van der Waals surface area contributed by atoms with Crippen LogP contribution in [0.1, 0.15) is 24.9 Å². The van der Waals surface area contributed by atoms with Crippen molar-refractivity contribution >= 4 is 17.3 Å². The van der Waals surface area contributed by atoms with Gasteiger partial charge < -0.3 is 10.2 Å². The number of piperazine rings is 1. The summed E-state index contributed by atoms with van der Waals surface area (Å²) in [5, 5.41) is 4.29. The van der Waals surface area contributed by atoms with Crippen molar-refractivity contribution in [2.75, 3.05) is 45.2 Å². The van der Waals surface area contributed by atoms with Gasteiger partial charge in [0.1, 0.15) is 0 Å². The summed E-state index contributed by atoms with van der Waals surface area (Å²) in [5.41, 5.74) is 2.42. The van der Waals surface area contributed by atoms with Gasteiger partial charge in [0.05, 0.1) is 0 Å². The lowest BCUT2D eigenvalue weighted by atomic mass is 10.0. The van der Waals surface area contributed by atoms with Crippen LogP contribution < -0.4 is 10.2 Å². The lowest BCUT2D eigenvalue weighted by molar-refractivity contribution is 0.169. The van der Waals surface area contributed by atoms with E-state index in [4.69, 9.17) is 11.6 Å². The molecular weight excluding hydrogens is 258 g/mol. The standard InChI is InChI=1S/C15H24ClN3/c1-4-15(19-9-7-17-8-10-19)13-6-5-12(18(2)3)11-14(13)16/h5-6,11,15,17H,4,7-10H2,1-3H3/t15-/m1/s1. The normalized spacial score (nSPS) is 18.3. The largest absolute Gasteiger partial charge is 0.378 e. The van der Waals surface area contributed by atoms with Crippen molar-refractivity contribution < 1.29 is 0 Å². The van der Waals surface area contributed by atoms with Crippen molar-refractivity contribution in [1.82, 2.24) is 10.2 Å². The fraction of sp³-hybridized carbons (Fsp3) is 0.600. The first-order valence-electron chi connectivity index (χ1n) is 7.05. The molecule has 0 bridgehead atoms. The van der Waals surface area contributed by atoms with Crippen LogP contribution in [0, 0.1) is 0 Å². The van der Waals surface area contributed by atoms with Crippen molar-refractivity contribution in [3.63, 3.8) is 0 Å². The minimum Gasteiger partial charge on any atom is -0.378 e. The number of anilines is 1. The van der Waals surface area contributed by atoms with Gasteiger partial charge in [0.25, 0.3) is 0 Å². The van der Waals surface area contributed by atoms with Gasteiger partial charge in [-0.2, -0.15) is 0 Å². The van der Waals surface area contributed by atoms with Crippen LogP contribution in [0.25, 0.3) is 0 Å². The highest BCUT2D eigenvalue weighted by Crippen LogP contribution is 2.32. The Morgan fingerprint density at radius 1 is 1.32 bits per heavy atom. The third kappa shape index (κ3) is 3.41. The highest BCUT2D eigenvalue weighted by atomic mass is 35.5. The maximum absolute atomic E-state index is 6.50. The molecule has 0 spiro atoms. The zero-order valence-electron chi connectivity index (χ0n) is 12.1. The molecule has 1 aromatic rings. The summed E-state index contributed by atoms with van der Waals surface area (Å²) in [6.07, 6.45) is 1.10. The van der Waals surface area contributed by atoms with Gasteiger partial charge in [-0.25, -0.2) is 0 Å². The Balaban J connectivity index is 2.22. The minimum atomic E-state index is 0.436. The van der Waals surface area contributed by atoms with E-state index in [9.17, 15) is 0 Å². The Labute approximate surface area is 121 Å². The van der Waals surface area contributed by atoms with E-state index < -0.39 is 0 Å². The Morgan fingerprint density at radius 3 is 2.53 bits per heavy atom. The second-order valence-corrected chi connectivity index (χ2v) is 5.72. The van der Waals surface area contributed by atoms with Crippen molar-refractivity contribution in [2.24, 2.45) is 0 Å². The number of nitrogens with one attached hydrogen (secondary N) is 1. The number of benzene rings is 1. The van der Waals surface area contributed by atoms with Crippen LogP contribution in [0.2, 0.25) is 5.02 Å². The Bertz CT molecular complexity index is 414. The smallest absolute Gasteiger partial charge is 0.0474 e. The van der Waals surface area contributed by atoms with Gasteiger partial charge >= 0.3 is 0 Å². The van der Waals surface area contributed by atoms with Gasteiger partial charge in [0.2, 0.25) is 0 Å². The lowest BCUT2D eigenvalue weighted by Gasteiger charge is -2.35. The van der Waals surface area contributed by atoms with Crippen molar-refractivity contribution in [3.05, 3.63) is 28.8 Å². The SMILES string of the molecule is CC[C@H](c1ccc(N(C)C)cc1Cl)N1CCNCC1. The van der Waals surface area contributed by atoms with Crippen LogP contribution in [0.4, 0.5) is 5.69 Å². The van der Waals surface area contributed by atoms with Crippen LogP contribution in [0.3, 0.4) is 0 Å². The fourth-order valence-electron chi connectivity index (χ4n) is 2.73. The van der Waals surface area contributed by atoms with Gasteiger partial charge in [0, 0.05) is 57.0 Å². The zero-order chi connectivity index (χ0) is 13.8. The molecule has 1 N–H and O–H groups in total. The predicted molar refractivity (Wildman–Crippen MR) is 83.3 cm³/mol. The highest BCUT2D eigenvalue weighted by molar-refractivity contribution is 6.31. The van der Waals surface area contributed by atoms with Gasteiger partial charge in [0.15, 0.2) is 0 Å². The van der Waals surface area contributed by atoms with E-state index in [1.807, 2.05) is 14.1 Å². The molecule has 4 heteroatoms. The number of hydrogen-bond donors (Lipinski definition) is 1. The van der Waals surface area contributed by atoms with Gasteiger partial charge in [-0.15, -0.1) is 0 Å². The molecule has 106 valence electrons. The molecule has 0 radical (unpaired) electrons. The van der Waals surface area contributed by atoms with Crippen LogP contribution in [0.5, 0.6) is 0 Å². The van der Waals surface area contributed by atoms with Crippen molar-refractivity contribution in [1.29, 1.82) is 0 Å². The first-order valence-corrected chi connectivity index (χ1v) is 7.42. The molecule has 1 saturated heterocycles. The zero-order valence-corrected chi connectivity index (χ0v) is 12.9. The molecule has 19 heavy (non-hydrogen) atoms. The molecule has 0 aromatic heterocycles. The second-order valence-electron chi connectivity index (χ2n) is 5.31. The predicted octanol–water partition coefficient (Wildman–Crippen LogP) is 2.76. The molecule has 1 fully saturated rings. The van der Waals surface area contributed by atoms with E-state index in [2.05, 4.69) is 40.2 Å². The molecule has 0 amide bonds. The topological polar surface area (TPSA) is 18.5 Å². The summed E-state index contributed by atoms with van der Waals surface area (Å²) in [6.45, 7) is 6.59. The Kier molecular flexibility index (Phi) is 5.08. The van der Waals surface area contributed by atoms with Gasteiger partial charge in [-0.05, 0) is 24.1 Å². The van der Waals surface area contributed by atoms with E-state index in [0.717, 1.165) is 43.3 Å². The van der Waals surface area contributed by atoms with E-state index >= 15 is 0 Å². The molecule has 1 aromatic carbocycles. The molecule has 1 heterocycles. The van der Waals surface area contributed by atoms with E-state index in [-0.39, 0.29) is 0 Å². The summed E-state index contributed by atoms with van der Waals surface area (Å²) in [6, 6.07) is 6.85. The molecule has 1 atom stereocenters. The Morgan fingerprint density at radius 2 is 2.00 bits per heavy atom. The molecule has 2 rings (SSSR count). The first-order chi connectivity index (χ1) is 9.13. The summed E-state index contributed by atoms with van der Waals surface area (Å²) in [4.78, 5) is 4.62. The monoisotopic (exact) mass is 281 g/mol. The van der Waals surface area contributed by atoms with E-state index in [1.165, 1.54) is 5.56 Å². The lowest BCUT2D eigenvalue weighted by Crippen LogP contribution is -2.45. The molecule has 0 aliphatic carbocycles. The number of rotatable bonds is 4. The maximum Gasteiger partial charge on any atom is 0.0474 e. The summed E-state index contributed by atoms with van der Waals surface area (Å²) >= 11 is 6.50. The van der Waals surface area contributed by atoms with Gasteiger partial charge in [-0.3, -0.25) is 4.90 Å². The van der Waals surface area contributed by atoms with E-state index in [0.29, 0.717) is 6.04 Å². The molecular formula is C15H24ClN3. The van der Waals surface area contributed by atoms with Crippen LogP contribution in [-0.2, 0) is 0 Å². The third-order valence-corrected chi connectivity index (χ3v) is 4.17. The van der Waals surface area contributed by atoms with Gasteiger partial charge in [-0.1, -0.05) is 24.6 Å².